The highest BCUT2D eigenvalue weighted by molar-refractivity contribution is 7.80. The van der Waals surface area contributed by atoms with Crippen LogP contribution in [-0.2, 0) is 19.4 Å². The predicted molar refractivity (Wildman–Crippen MR) is 33.1 cm³/mol. The van der Waals surface area contributed by atoms with Gasteiger partial charge in [0.05, 0.1) is 7.95 Å². The van der Waals surface area contributed by atoms with Gasteiger partial charge in [-0.25, -0.2) is 4.18 Å². The van der Waals surface area contributed by atoms with Crippen LogP contribution in [0, 0.1) is 0 Å². The molecule has 0 radical (unpaired) electrons. The molecule has 0 aromatic carbocycles. The lowest BCUT2D eigenvalue weighted by atomic mass is 10.3. The molecule has 0 amide bonds. The first kappa shape index (κ1) is 8.40. The molecule has 0 aliphatic rings. The molecule has 0 aromatic rings. The number of nitrogens with two attached hydrogens (primary N) is 1. The molecule has 2 atom stereocenters. The van der Waals surface area contributed by atoms with Gasteiger partial charge in [-0.15, -0.1) is 0 Å². The van der Waals surface area contributed by atoms with E-state index in [1.807, 2.05) is 0 Å². The Morgan fingerprint density at radius 1 is 1.82 bits per heavy atom. The maximum absolute atomic E-state index is 10.0. The van der Waals surface area contributed by atoms with Crippen molar-refractivity contribution in [2.75, 3.05) is 6.58 Å². The van der Waals surface area contributed by atoms with Gasteiger partial charge in [0, 0.05) is 0 Å². The minimum Gasteiger partial charge on any atom is -0.480 e. The molecule has 0 unspecified atom stereocenters. The van der Waals surface area contributed by atoms with E-state index >= 15 is 0 Å². The number of hydrogen-bond acceptors (Lipinski definition) is 5. The van der Waals surface area contributed by atoms with Crippen LogP contribution >= 0.6 is 0 Å². The maximum atomic E-state index is 10.0. The normalized spacial score (nSPS) is 18.5. The topological polar surface area (TPSA) is 127 Å². The van der Waals surface area contributed by atoms with Crippen LogP contribution in [0.3, 0.4) is 0 Å². The molecule has 0 heterocycles. The summed E-state index contributed by atoms with van der Waals surface area (Å²) in [5.74, 6) is -1.60. The summed E-state index contributed by atoms with van der Waals surface area (Å²) in [6.07, 6.45) is 0. The summed E-state index contributed by atoms with van der Waals surface area (Å²) in [4.78, 5) is 10.0. The molecule has 7 nitrogen and oxygen atoms in total. The Labute approximate surface area is 64.1 Å². The zero-order valence-corrected chi connectivity index (χ0v) is 5.98. The Morgan fingerprint density at radius 2 is 2.27 bits per heavy atom. The molecule has 0 aliphatic carbocycles. The lowest BCUT2D eigenvalue weighted by Gasteiger charge is -2.03. The van der Waals surface area contributed by atoms with Gasteiger partial charge >= 0.3 is 16.4 Å². The molecule has 0 saturated carbocycles. The number of carboxylic acid groups (broad SMARTS) is 1. The summed E-state index contributed by atoms with van der Waals surface area (Å²) in [7, 11) is -4.83. The lowest BCUT2D eigenvalue weighted by Crippen LogP contribution is -2.35. The van der Waals surface area contributed by atoms with E-state index < -0.39 is 29.0 Å². The Bertz CT molecular complexity index is 262. The quantitative estimate of drug-likeness (QED) is 0.443. The van der Waals surface area contributed by atoms with E-state index in [4.69, 9.17) is 16.8 Å². The lowest BCUT2D eigenvalue weighted by molar-refractivity contribution is -0.139. The molecular formula is C3H7NO6S. The fourth-order valence-corrected chi connectivity index (χ4v) is 0.448. The molecule has 0 spiro atoms. The van der Waals surface area contributed by atoms with Gasteiger partial charge < -0.3 is 10.8 Å². The number of carbonyl (C=O) groups is 1. The molecule has 0 aliphatic heterocycles. The van der Waals surface area contributed by atoms with Crippen molar-refractivity contribution in [3.63, 3.8) is 0 Å². The summed E-state index contributed by atoms with van der Waals surface area (Å²) in [5.41, 5.74) is 4.78. The third kappa shape index (κ3) is 5.73. The summed E-state index contributed by atoms with van der Waals surface area (Å²) < 4.78 is 38.1. The maximum Gasteiger partial charge on any atom is 0.397 e. The SMILES string of the molecule is [2H][C@@H](OS(=O)(=O)O)[C@H](N)C(=O)O. The van der Waals surface area contributed by atoms with Crippen molar-refractivity contribution in [1.82, 2.24) is 0 Å². The average molecular weight is 186 g/mol. The van der Waals surface area contributed by atoms with Crippen molar-refractivity contribution in [3.8, 4) is 0 Å². The summed E-state index contributed by atoms with van der Waals surface area (Å²) in [6.45, 7) is -2.06. The van der Waals surface area contributed by atoms with Crippen LogP contribution in [-0.4, -0.2) is 36.7 Å². The van der Waals surface area contributed by atoms with E-state index in [9.17, 15) is 13.2 Å². The third-order valence-electron chi connectivity index (χ3n) is 0.609. The second-order valence-electron chi connectivity index (χ2n) is 1.52. The molecule has 0 saturated heterocycles. The van der Waals surface area contributed by atoms with Crippen molar-refractivity contribution >= 4 is 16.4 Å². The first-order valence-corrected chi connectivity index (χ1v) is 3.67. The standard InChI is InChI=1S/C3H7NO6S/c4-2(3(5)6)1-10-11(7,8)9/h2H,1,4H2,(H,5,6)(H,7,8,9)/t2-/m0/s1/i1D/t1-,2+/m1. The highest BCUT2D eigenvalue weighted by Crippen LogP contribution is 1.88. The van der Waals surface area contributed by atoms with Crippen LogP contribution in [0.1, 0.15) is 1.37 Å². The Hall–Kier alpha value is -0.700. The Morgan fingerprint density at radius 3 is 2.55 bits per heavy atom. The zero-order valence-electron chi connectivity index (χ0n) is 6.17. The van der Waals surface area contributed by atoms with Crippen LogP contribution < -0.4 is 5.73 Å². The van der Waals surface area contributed by atoms with Crippen LogP contribution in [0.5, 0.6) is 0 Å². The minimum atomic E-state index is -4.83. The molecule has 4 N–H and O–H groups in total. The van der Waals surface area contributed by atoms with Crippen LogP contribution in [0.15, 0.2) is 0 Å². The van der Waals surface area contributed by atoms with Crippen LogP contribution in [0.4, 0.5) is 0 Å². The fourth-order valence-electron chi connectivity index (χ4n) is 0.188. The summed E-state index contributed by atoms with van der Waals surface area (Å²) >= 11 is 0. The molecule has 0 aromatic heterocycles. The summed E-state index contributed by atoms with van der Waals surface area (Å²) in [6, 6.07) is -1.83. The van der Waals surface area contributed by atoms with Gasteiger partial charge in [0.15, 0.2) is 0 Å². The number of carboxylic acids is 1. The molecule has 8 heteroatoms. The first-order chi connectivity index (χ1) is 5.24. The monoisotopic (exact) mass is 186 g/mol. The zero-order chi connectivity index (χ0) is 9.94. The smallest absolute Gasteiger partial charge is 0.397 e. The van der Waals surface area contributed by atoms with Gasteiger partial charge in [0.2, 0.25) is 0 Å². The molecule has 0 rings (SSSR count). The van der Waals surface area contributed by atoms with Crippen LogP contribution in [0.25, 0.3) is 0 Å². The third-order valence-corrected chi connectivity index (χ3v) is 0.963. The highest BCUT2D eigenvalue weighted by atomic mass is 32.3. The second-order valence-corrected chi connectivity index (χ2v) is 2.57. The van der Waals surface area contributed by atoms with Gasteiger partial charge in [-0.05, 0) is 0 Å². The predicted octanol–water partition coefficient (Wildman–Crippen LogP) is -1.78. The second kappa shape index (κ2) is 3.62. The minimum absolute atomic E-state index is 1.60. The Balaban J connectivity index is 4.23. The van der Waals surface area contributed by atoms with Crippen molar-refractivity contribution in [2.45, 2.75) is 6.04 Å². The van der Waals surface area contributed by atoms with E-state index in [-0.39, 0.29) is 0 Å². The van der Waals surface area contributed by atoms with Crippen molar-refractivity contribution in [1.29, 1.82) is 0 Å². The van der Waals surface area contributed by atoms with E-state index in [1.165, 1.54) is 0 Å². The Kier molecular flexibility index (Phi) is 2.76. The van der Waals surface area contributed by atoms with E-state index in [1.54, 1.807) is 0 Å². The van der Waals surface area contributed by atoms with Crippen molar-refractivity contribution in [3.05, 3.63) is 0 Å². The molecule has 0 bridgehead atoms. The highest BCUT2D eigenvalue weighted by Gasteiger charge is 2.15. The van der Waals surface area contributed by atoms with E-state index in [2.05, 4.69) is 4.18 Å². The van der Waals surface area contributed by atoms with Crippen molar-refractivity contribution in [2.24, 2.45) is 5.73 Å². The largest absolute Gasteiger partial charge is 0.480 e. The molecule has 0 fully saturated rings. The van der Waals surface area contributed by atoms with Gasteiger partial charge in [-0.2, -0.15) is 8.42 Å². The molecular weight excluding hydrogens is 178 g/mol. The van der Waals surface area contributed by atoms with Crippen molar-refractivity contribution < 1.29 is 28.4 Å². The number of hydrogen-bond donors (Lipinski definition) is 3. The molecule has 66 valence electrons. The number of rotatable bonds is 4. The molecule has 11 heavy (non-hydrogen) atoms. The van der Waals surface area contributed by atoms with Crippen LogP contribution in [0.2, 0.25) is 0 Å². The first-order valence-electron chi connectivity index (χ1n) is 2.88. The van der Waals surface area contributed by atoms with Gasteiger partial charge in [-0.1, -0.05) is 0 Å². The van der Waals surface area contributed by atoms with Gasteiger partial charge in [0.25, 0.3) is 0 Å². The fraction of sp³-hybridized carbons (Fsp3) is 0.667. The van der Waals surface area contributed by atoms with E-state index in [0.29, 0.717) is 0 Å². The van der Waals surface area contributed by atoms with E-state index in [0.717, 1.165) is 0 Å². The summed E-state index contributed by atoms with van der Waals surface area (Å²) in [5, 5.41) is 8.15. The van der Waals surface area contributed by atoms with Gasteiger partial charge in [-0.3, -0.25) is 9.35 Å². The average Bonchev–Trinajstić information content (AvgIpc) is 1.82. The van der Waals surface area contributed by atoms with Gasteiger partial charge in [0.1, 0.15) is 6.04 Å². The number of aliphatic carboxylic acids is 1.